The third-order valence-corrected chi connectivity index (χ3v) is 4.91. The Hall–Kier alpha value is -2.90. The summed E-state index contributed by atoms with van der Waals surface area (Å²) < 4.78 is 5.25. The van der Waals surface area contributed by atoms with Gasteiger partial charge < -0.3 is 15.2 Å². The van der Waals surface area contributed by atoms with E-state index in [0.717, 1.165) is 11.1 Å². The number of rotatable bonds is 8. The van der Waals surface area contributed by atoms with Gasteiger partial charge in [0.25, 0.3) is 6.47 Å². The Balaban J connectivity index is 1.74. The maximum absolute atomic E-state index is 12.6. The summed E-state index contributed by atoms with van der Waals surface area (Å²) >= 11 is 5.84. The van der Waals surface area contributed by atoms with E-state index in [0.29, 0.717) is 17.1 Å². The Morgan fingerprint density at radius 1 is 1.25 bits per heavy atom. The van der Waals surface area contributed by atoms with E-state index in [9.17, 15) is 19.5 Å². The summed E-state index contributed by atoms with van der Waals surface area (Å²) in [6.45, 7) is 0.717. The van der Waals surface area contributed by atoms with Gasteiger partial charge in [-0.1, -0.05) is 48.0 Å². The van der Waals surface area contributed by atoms with Gasteiger partial charge in [0.15, 0.2) is 5.72 Å². The molecule has 0 radical (unpaired) electrons. The standard InChI is InChI=1S/C20H19ClN2O5/c21-15-7-5-13(6-8-15)9-17(19(26)27)23-18(25)10-20(28-12-24)16-4-2-1-3-14(16)11-22-20/h1-8,12,17,22H,9-11H2,(H,23,25)(H,26,27). The highest BCUT2D eigenvalue weighted by Crippen LogP contribution is 2.34. The van der Waals surface area contributed by atoms with Crippen molar-refractivity contribution < 1.29 is 24.2 Å². The first kappa shape index (κ1) is 19.9. The molecule has 0 spiro atoms. The summed E-state index contributed by atoms with van der Waals surface area (Å²) in [5.74, 6) is -1.71. The van der Waals surface area contributed by atoms with Crippen LogP contribution >= 0.6 is 11.6 Å². The van der Waals surface area contributed by atoms with Gasteiger partial charge in [0, 0.05) is 23.6 Å². The SMILES string of the molecule is O=COC1(CC(=O)NC(Cc2ccc(Cl)cc2)C(=O)O)NCc2ccccc21. The summed E-state index contributed by atoms with van der Waals surface area (Å²) in [6, 6.07) is 12.9. The molecule has 1 amide bonds. The maximum atomic E-state index is 12.6. The van der Waals surface area contributed by atoms with Crippen molar-refractivity contribution in [2.24, 2.45) is 0 Å². The number of halogens is 1. The molecule has 0 aromatic heterocycles. The van der Waals surface area contributed by atoms with E-state index in [-0.39, 0.29) is 19.3 Å². The number of nitrogens with one attached hydrogen (secondary N) is 2. The van der Waals surface area contributed by atoms with Crippen LogP contribution in [0.3, 0.4) is 0 Å². The number of aliphatic carboxylic acids is 1. The average Bonchev–Trinajstić information content (AvgIpc) is 3.02. The molecular weight excluding hydrogens is 384 g/mol. The lowest BCUT2D eigenvalue weighted by Gasteiger charge is -2.28. The van der Waals surface area contributed by atoms with Gasteiger partial charge in [0.2, 0.25) is 5.91 Å². The van der Waals surface area contributed by atoms with Crippen molar-refractivity contribution in [2.45, 2.75) is 31.2 Å². The van der Waals surface area contributed by atoms with Crippen molar-refractivity contribution in [3.63, 3.8) is 0 Å². The quantitative estimate of drug-likeness (QED) is 0.583. The van der Waals surface area contributed by atoms with Crippen molar-refractivity contribution in [1.82, 2.24) is 10.6 Å². The number of carbonyl (C=O) groups is 3. The molecule has 28 heavy (non-hydrogen) atoms. The van der Waals surface area contributed by atoms with Gasteiger partial charge in [-0.05, 0) is 23.3 Å². The number of carboxylic acids is 1. The van der Waals surface area contributed by atoms with Crippen LogP contribution in [0.4, 0.5) is 0 Å². The molecule has 2 aromatic rings. The Bertz CT molecular complexity index is 886. The zero-order valence-electron chi connectivity index (χ0n) is 14.9. The van der Waals surface area contributed by atoms with Crippen LogP contribution in [0.25, 0.3) is 0 Å². The monoisotopic (exact) mass is 402 g/mol. The predicted molar refractivity (Wildman–Crippen MR) is 101 cm³/mol. The highest BCUT2D eigenvalue weighted by atomic mass is 35.5. The molecule has 0 fully saturated rings. The van der Waals surface area contributed by atoms with E-state index in [1.807, 2.05) is 12.1 Å². The van der Waals surface area contributed by atoms with Crippen LogP contribution in [-0.2, 0) is 37.8 Å². The molecule has 3 rings (SSSR count). The second kappa shape index (κ2) is 8.41. The molecule has 1 heterocycles. The minimum absolute atomic E-state index is 0.101. The molecule has 3 N–H and O–H groups in total. The van der Waals surface area contributed by atoms with Gasteiger partial charge >= 0.3 is 5.97 Å². The maximum Gasteiger partial charge on any atom is 0.326 e. The molecule has 0 bridgehead atoms. The summed E-state index contributed by atoms with van der Waals surface area (Å²) in [7, 11) is 0. The fourth-order valence-electron chi connectivity index (χ4n) is 3.32. The van der Waals surface area contributed by atoms with Crippen molar-refractivity contribution >= 4 is 29.9 Å². The first-order chi connectivity index (χ1) is 13.4. The van der Waals surface area contributed by atoms with Crippen LogP contribution in [0.5, 0.6) is 0 Å². The molecule has 2 unspecified atom stereocenters. The average molecular weight is 403 g/mol. The van der Waals surface area contributed by atoms with Gasteiger partial charge in [0.05, 0.1) is 6.42 Å². The van der Waals surface area contributed by atoms with E-state index < -0.39 is 23.6 Å². The van der Waals surface area contributed by atoms with Crippen LogP contribution in [0.1, 0.15) is 23.1 Å². The van der Waals surface area contributed by atoms with E-state index in [1.165, 1.54) is 0 Å². The third kappa shape index (κ3) is 4.32. The smallest absolute Gasteiger partial charge is 0.326 e. The predicted octanol–water partition coefficient (Wildman–Crippen LogP) is 1.97. The van der Waals surface area contributed by atoms with Crippen LogP contribution in [0, 0.1) is 0 Å². The Morgan fingerprint density at radius 2 is 1.96 bits per heavy atom. The number of hydrogen-bond donors (Lipinski definition) is 3. The Morgan fingerprint density at radius 3 is 2.64 bits per heavy atom. The number of carbonyl (C=O) groups excluding carboxylic acids is 2. The first-order valence-electron chi connectivity index (χ1n) is 8.65. The summed E-state index contributed by atoms with van der Waals surface area (Å²) in [6.07, 6.45) is -0.142. The lowest BCUT2D eigenvalue weighted by atomic mass is 9.98. The molecule has 7 nitrogen and oxygen atoms in total. The lowest BCUT2D eigenvalue weighted by Crippen LogP contribution is -2.48. The van der Waals surface area contributed by atoms with E-state index in [4.69, 9.17) is 16.3 Å². The van der Waals surface area contributed by atoms with E-state index >= 15 is 0 Å². The minimum Gasteiger partial charge on any atom is -0.480 e. The molecule has 0 saturated carbocycles. The van der Waals surface area contributed by atoms with Gasteiger partial charge in [-0.2, -0.15) is 0 Å². The molecule has 146 valence electrons. The summed E-state index contributed by atoms with van der Waals surface area (Å²) in [5, 5.41) is 15.6. The zero-order chi connectivity index (χ0) is 20.1. The van der Waals surface area contributed by atoms with E-state index in [1.54, 1.807) is 36.4 Å². The fraction of sp³-hybridized carbons (Fsp3) is 0.250. The zero-order valence-corrected chi connectivity index (χ0v) is 15.6. The lowest BCUT2D eigenvalue weighted by molar-refractivity contribution is -0.153. The third-order valence-electron chi connectivity index (χ3n) is 4.66. The largest absolute Gasteiger partial charge is 0.480 e. The minimum atomic E-state index is -1.31. The topological polar surface area (TPSA) is 105 Å². The van der Waals surface area contributed by atoms with Gasteiger partial charge in [0.1, 0.15) is 6.04 Å². The van der Waals surface area contributed by atoms with Crippen molar-refractivity contribution in [1.29, 1.82) is 0 Å². The molecular formula is C20H19ClN2O5. The van der Waals surface area contributed by atoms with E-state index in [2.05, 4.69) is 10.6 Å². The molecule has 0 aliphatic carbocycles. The van der Waals surface area contributed by atoms with Gasteiger partial charge in [-0.3, -0.25) is 14.9 Å². The number of fused-ring (bicyclic) bond motifs is 1. The number of hydrogen-bond acceptors (Lipinski definition) is 5. The van der Waals surface area contributed by atoms with Crippen LogP contribution < -0.4 is 10.6 Å². The molecule has 8 heteroatoms. The number of benzene rings is 2. The number of amides is 1. The van der Waals surface area contributed by atoms with Gasteiger partial charge in [-0.15, -0.1) is 0 Å². The second-order valence-electron chi connectivity index (χ2n) is 6.52. The van der Waals surface area contributed by atoms with Crippen molar-refractivity contribution in [2.75, 3.05) is 0 Å². The highest BCUT2D eigenvalue weighted by Gasteiger charge is 2.42. The molecule has 2 atom stereocenters. The highest BCUT2D eigenvalue weighted by molar-refractivity contribution is 6.30. The fourth-order valence-corrected chi connectivity index (χ4v) is 3.44. The normalized spacial score (nSPS) is 18.8. The van der Waals surface area contributed by atoms with Crippen LogP contribution in [0.2, 0.25) is 5.02 Å². The molecule has 1 aliphatic heterocycles. The second-order valence-corrected chi connectivity index (χ2v) is 6.95. The molecule has 2 aromatic carbocycles. The Labute approximate surface area is 166 Å². The Kier molecular flexibility index (Phi) is 5.96. The van der Waals surface area contributed by atoms with Crippen molar-refractivity contribution in [3.8, 4) is 0 Å². The molecule has 1 aliphatic rings. The summed E-state index contributed by atoms with van der Waals surface area (Å²) in [4.78, 5) is 35.3. The molecule has 0 saturated heterocycles. The van der Waals surface area contributed by atoms with Crippen LogP contribution in [0.15, 0.2) is 48.5 Å². The number of ether oxygens (including phenoxy) is 1. The van der Waals surface area contributed by atoms with Crippen LogP contribution in [-0.4, -0.2) is 29.5 Å². The number of carboxylic acid groups (broad SMARTS) is 1. The summed E-state index contributed by atoms with van der Waals surface area (Å²) in [5.41, 5.74) is 1.00. The van der Waals surface area contributed by atoms with Gasteiger partial charge in [-0.25, -0.2) is 4.79 Å². The first-order valence-corrected chi connectivity index (χ1v) is 9.03. The van der Waals surface area contributed by atoms with Crippen molar-refractivity contribution in [3.05, 3.63) is 70.2 Å².